The van der Waals surface area contributed by atoms with Gasteiger partial charge in [-0.25, -0.2) is 4.98 Å². The van der Waals surface area contributed by atoms with Gasteiger partial charge in [-0.15, -0.1) is 0 Å². The second-order valence-corrected chi connectivity index (χ2v) is 9.91. The van der Waals surface area contributed by atoms with Crippen molar-refractivity contribution in [1.29, 1.82) is 0 Å². The molecule has 2 atom stereocenters. The van der Waals surface area contributed by atoms with E-state index in [4.69, 9.17) is 4.52 Å². The molecule has 4 rings (SSSR count). The van der Waals surface area contributed by atoms with Crippen LogP contribution >= 0.6 is 0 Å². The lowest BCUT2D eigenvalue weighted by Gasteiger charge is -2.11. The van der Waals surface area contributed by atoms with E-state index in [1.54, 1.807) is 12.1 Å². The summed E-state index contributed by atoms with van der Waals surface area (Å²) < 4.78 is 43.4. The molecule has 0 radical (unpaired) electrons. The monoisotopic (exact) mass is 501 g/mol. The summed E-state index contributed by atoms with van der Waals surface area (Å²) in [4.78, 5) is 32.8. The van der Waals surface area contributed by atoms with Crippen LogP contribution in [0.3, 0.4) is 0 Å². The Bertz CT molecular complexity index is 1300. The predicted molar refractivity (Wildman–Crippen MR) is 125 cm³/mol. The third kappa shape index (κ3) is 5.72. The zero-order valence-corrected chi connectivity index (χ0v) is 20.2. The van der Waals surface area contributed by atoms with E-state index >= 15 is 0 Å². The first kappa shape index (κ1) is 25.3. The molecule has 1 aliphatic carbocycles. The maximum atomic E-state index is 12.7. The van der Waals surface area contributed by atoms with E-state index in [9.17, 15) is 22.8 Å². The van der Waals surface area contributed by atoms with E-state index in [-0.39, 0.29) is 30.0 Å². The molecule has 2 unspecified atom stereocenters. The van der Waals surface area contributed by atoms with E-state index in [0.29, 0.717) is 5.89 Å². The minimum Gasteiger partial charge on any atom is -0.345 e. The number of aromatic nitrogens is 3. The quantitative estimate of drug-likeness (QED) is 0.502. The lowest BCUT2D eigenvalue weighted by atomic mass is 9.97. The summed E-state index contributed by atoms with van der Waals surface area (Å²) in [5.41, 5.74) is 2.99. The number of hydrogen-bond donors (Lipinski definition) is 2. The number of anilines is 1. The molecule has 3 aromatic rings. The van der Waals surface area contributed by atoms with E-state index in [0.717, 1.165) is 22.3 Å². The van der Waals surface area contributed by atoms with Gasteiger partial charge in [0.1, 0.15) is 5.82 Å². The molecule has 1 aliphatic rings. The number of rotatable bonds is 6. The molecule has 1 aromatic carbocycles. The fourth-order valence-electron chi connectivity index (χ4n) is 3.69. The Labute approximate surface area is 205 Å². The molecular weight excluding hydrogens is 475 g/mol. The average Bonchev–Trinajstić information content (AvgIpc) is 3.47. The van der Waals surface area contributed by atoms with Gasteiger partial charge in [0.05, 0.1) is 11.8 Å². The number of carbonyl (C=O) groups excluding carboxylic acids is 2. The highest BCUT2D eigenvalue weighted by Gasteiger charge is 2.58. The minimum atomic E-state index is -4.36. The molecule has 2 N–H and O–H groups in total. The van der Waals surface area contributed by atoms with Crippen LogP contribution in [-0.4, -0.2) is 33.1 Å². The highest BCUT2D eigenvalue weighted by molar-refractivity contribution is 5.94. The van der Waals surface area contributed by atoms with Crippen LogP contribution in [0.4, 0.5) is 19.0 Å². The minimum absolute atomic E-state index is 0.0340. The third-order valence-corrected chi connectivity index (χ3v) is 5.94. The lowest BCUT2D eigenvalue weighted by molar-refractivity contribution is -0.153. The van der Waals surface area contributed by atoms with E-state index in [1.165, 1.54) is 6.20 Å². The maximum absolute atomic E-state index is 12.7. The molecule has 2 amide bonds. The third-order valence-electron chi connectivity index (χ3n) is 5.94. The van der Waals surface area contributed by atoms with Crippen molar-refractivity contribution in [2.75, 3.05) is 5.32 Å². The predicted octanol–water partition coefficient (Wildman–Crippen LogP) is 4.80. The van der Waals surface area contributed by atoms with Crippen LogP contribution in [-0.2, 0) is 16.8 Å². The average molecular weight is 502 g/mol. The van der Waals surface area contributed by atoms with Crippen LogP contribution in [0.15, 0.2) is 41.1 Å². The van der Waals surface area contributed by atoms with Gasteiger partial charge in [-0.3, -0.25) is 9.59 Å². The van der Waals surface area contributed by atoms with E-state index < -0.39 is 29.8 Å². The standard InChI is InChI=1S/C25H26F3N5O3/c1-13-9-14(5-6-16(13)12-30-22(35)20-32-23(36-33-20)24(2,3)4)15-7-8-29-19(10-15)31-21(34)17-11-18(17)25(26,27)28/h5-10,17-18H,11-12H2,1-4H3,(H,30,35)(H,29,31,34). The number of aryl methyl sites for hydroxylation is 1. The molecule has 11 heteroatoms. The van der Waals surface area contributed by atoms with Gasteiger partial charge < -0.3 is 15.2 Å². The molecule has 0 saturated heterocycles. The van der Waals surface area contributed by atoms with Crippen molar-refractivity contribution < 1.29 is 27.3 Å². The molecule has 8 nitrogen and oxygen atoms in total. The van der Waals surface area contributed by atoms with Gasteiger partial charge in [-0.05, 0) is 47.7 Å². The zero-order chi connectivity index (χ0) is 26.3. The van der Waals surface area contributed by atoms with E-state index in [1.807, 2.05) is 45.9 Å². The van der Waals surface area contributed by atoms with Gasteiger partial charge >= 0.3 is 6.18 Å². The highest BCUT2D eigenvalue weighted by atomic mass is 19.4. The Balaban J connectivity index is 1.39. The summed E-state index contributed by atoms with van der Waals surface area (Å²) in [6, 6.07) is 8.97. The van der Waals surface area contributed by atoms with Crippen LogP contribution in [0.25, 0.3) is 11.1 Å². The summed E-state index contributed by atoms with van der Waals surface area (Å²) in [5.74, 6) is -3.26. The SMILES string of the molecule is Cc1cc(-c2ccnc(NC(=O)C3CC3C(F)(F)F)c2)ccc1CNC(=O)c1noc(C(C)(C)C)n1. The number of amides is 2. The first-order valence-corrected chi connectivity index (χ1v) is 11.4. The van der Waals surface area contributed by atoms with Crippen molar-refractivity contribution in [2.24, 2.45) is 11.8 Å². The number of alkyl halides is 3. The molecular formula is C25H26F3N5O3. The van der Waals surface area contributed by atoms with Crippen LogP contribution in [0.1, 0.15) is 54.8 Å². The molecule has 0 bridgehead atoms. The highest BCUT2D eigenvalue weighted by Crippen LogP contribution is 2.50. The van der Waals surface area contributed by atoms with Crippen molar-refractivity contribution >= 4 is 17.6 Å². The number of hydrogen-bond acceptors (Lipinski definition) is 6. The van der Waals surface area contributed by atoms with Crippen LogP contribution in [0.2, 0.25) is 0 Å². The van der Waals surface area contributed by atoms with Crippen molar-refractivity contribution in [2.45, 2.75) is 52.3 Å². The van der Waals surface area contributed by atoms with Crippen molar-refractivity contribution in [3.63, 3.8) is 0 Å². The Kier molecular flexibility index (Phi) is 6.59. The van der Waals surface area contributed by atoms with Crippen LogP contribution in [0, 0.1) is 18.8 Å². The number of carbonyl (C=O) groups is 2. The van der Waals surface area contributed by atoms with Gasteiger partial charge in [-0.2, -0.15) is 18.2 Å². The number of nitrogens with one attached hydrogen (secondary N) is 2. The van der Waals surface area contributed by atoms with Crippen molar-refractivity contribution in [1.82, 2.24) is 20.4 Å². The summed E-state index contributed by atoms with van der Waals surface area (Å²) in [6.07, 6.45) is -3.08. The van der Waals surface area contributed by atoms with Gasteiger partial charge in [0.15, 0.2) is 0 Å². The molecule has 36 heavy (non-hydrogen) atoms. The van der Waals surface area contributed by atoms with Crippen LogP contribution in [0.5, 0.6) is 0 Å². The molecule has 0 spiro atoms. The smallest absolute Gasteiger partial charge is 0.345 e. The van der Waals surface area contributed by atoms with Crippen LogP contribution < -0.4 is 10.6 Å². The van der Waals surface area contributed by atoms with Gasteiger partial charge in [0.25, 0.3) is 11.7 Å². The fraction of sp³-hybridized carbons (Fsp3) is 0.400. The molecule has 1 fully saturated rings. The summed E-state index contributed by atoms with van der Waals surface area (Å²) in [7, 11) is 0. The number of pyridine rings is 1. The number of benzene rings is 1. The fourth-order valence-corrected chi connectivity index (χ4v) is 3.69. The van der Waals surface area contributed by atoms with Crippen molar-refractivity contribution in [3.05, 3.63) is 59.4 Å². The molecule has 2 aromatic heterocycles. The zero-order valence-electron chi connectivity index (χ0n) is 20.2. The first-order chi connectivity index (χ1) is 16.8. The summed E-state index contributed by atoms with van der Waals surface area (Å²) >= 11 is 0. The number of nitrogens with zero attached hydrogens (tertiary/aromatic N) is 3. The summed E-state index contributed by atoms with van der Waals surface area (Å²) in [6.45, 7) is 7.87. The Morgan fingerprint density at radius 3 is 2.44 bits per heavy atom. The van der Waals surface area contributed by atoms with Crippen molar-refractivity contribution in [3.8, 4) is 11.1 Å². The van der Waals surface area contributed by atoms with Gasteiger partial charge in [0.2, 0.25) is 11.8 Å². The maximum Gasteiger partial charge on any atom is 0.392 e. The molecule has 190 valence electrons. The second-order valence-electron chi connectivity index (χ2n) is 9.91. The van der Waals surface area contributed by atoms with E-state index in [2.05, 4.69) is 25.8 Å². The largest absolute Gasteiger partial charge is 0.392 e. The Morgan fingerprint density at radius 2 is 1.83 bits per heavy atom. The Morgan fingerprint density at radius 1 is 1.11 bits per heavy atom. The lowest BCUT2D eigenvalue weighted by Crippen LogP contribution is -2.24. The Hall–Kier alpha value is -3.76. The first-order valence-electron chi connectivity index (χ1n) is 11.4. The van der Waals surface area contributed by atoms with Gasteiger partial charge in [0, 0.05) is 18.2 Å². The normalized spacial score (nSPS) is 17.5. The summed E-state index contributed by atoms with van der Waals surface area (Å²) in [5, 5.41) is 9.00. The molecule has 1 saturated carbocycles. The number of halogens is 3. The second kappa shape index (κ2) is 9.36. The molecule has 2 heterocycles. The molecule has 0 aliphatic heterocycles. The van der Waals surface area contributed by atoms with Gasteiger partial charge in [-0.1, -0.05) is 44.1 Å². The topological polar surface area (TPSA) is 110 Å².